The number of carbonyl (C=O) groups is 1. The smallest absolute Gasteiger partial charge is 0.235 e. The molecule has 0 fully saturated rings. The second-order valence-corrected chi connectivity index (χ2v) is 8.26. The van der Waals surface area contributed by atoms with Gasteiger partial charge in [-0.3, -0.25) is 9.10 Å². The van der Waals surface area contributed by atoms with Gasteiger partial charge in [-0.05, 0) is 42.2 Å². The fraction of sp³-hybridized carbons (Fsp3) is 0.316. The standard InChI is InChI=1S/C19H21FN2O3S/c20-17-7-5-15(6-8-17)9-12-21-19(23)11-14-26(24,25)22-13-10-16-3-1-2-4-18(16)22/h1-8H,9-14H2,(H,21,23). The molecule has 1 aliphatic rings. The summed E-state index contributed by atoms with van der Waals surface area (Å²) in [6.45, 7) is 0.810. The average molecular weight is 376 g/mol. The minimum atomic E-state index is -3.52. The van der Waals surface area contributed by atoms with Crippen molar-refractivity contribution in [1.29, 1.82) is 0 Å². The van der Waals surface area contributed by atoms with Crippen molar-refractivity contribution in [1.82, 2.24) is 5.32 Å². The number of anilines is 1. The van der Waals surface area contributed by atoms with Gasteiger partial charge >= 0.3 is 0 Å². The zero-order chi connectivity index (χ0) is 18.6. The van der Waals surface area contributed by atoms with Crippen LogP contribution in [0.2, 0.25) is 0 Å². The molecule has 0 bridgehead atoms. The van der Waals surface area contributed by atoms with Crippen LogP contribution in [0.15, 0.2) is 48.5 Å². The van der Waals surface area contributed by atoms with E-state index in [2.05, 4.69) is 5.32 Å². The molecule has 0 atom stereocenters. The van der Waals surface area contributed by atoms with Crippen molar-refractivity contribution >= 4 is 21.6 Å². The lowest BCUT2D eigenvalue weighted by Crippen LogP contribution is -2.34. The molecule has 2 aromatic rings. The molecule has 3 rings (SSSR count). The maximum Gasteiger partial charge on any atom is 0.235 e. The number of amides is 1. The fourth-order valence-corrected chi connectivity index (χ4v) is 4.53. The third kappa shape index (κ3) is 4.40. The van der Waals surface area contributed by atoms with Crippen LogP contribution in [0, 0.1) is 5.82 Å². The van der Waals surface area contributed by atoms with E-state index in [0.29, 0.717) is 31.6 Å². The highest BCUT2D eigenvalue weighted by atomic mass is 32.2. The largest absolute Gasteiger partial charge is 0.356 e. The van der Waals surface area contributed by atoms with Gasteiger partial charge in [-0.2, -0.15) is 0 Å². The first-order chi connectivity index (χ1) is 12.5. The Morgan fingerprint density at radius 1 is 1.12 bits per heavy atom. The summed E-state index contributed by atoms with van der Waals surface area (Å²) in [6.07, 6.45) is 1.18. The van der Waals surface area contributed by atoms with Gasteiger partial charge in [0.1, 0.15) is 5.82 Å². The molecule has 0 aliphatic carbocycles. The van der Waals surface area contributed by atoms with Gasteiger partial charge in [0.15, 0.2) is 0 Å². The van der Waals surface area contributed by atoms with Crippen LogP contribution in [0.5, 0.6) is 0 Å². The Morgan fingerprint density at radius 2 is 1.85 bits per heavy atom. The zero-order valence-corrected chi connectivity index (χ0v) is 15.1. The third-order valence-electron chi connectivity index (χ3n) is 4.42. The minimum absolute atomic E-state index is 0.0790. The van der Waals surface area contributed by atoms with Crippen molar-refractivity contribution in [3.05, 3.63) is 65.5 Å². The summed E-state index contributed by atoms with van der Waals surface area (Å²) in [5, 5.41) is 2.71. The predicted molar refractivity (Wildman–Crippen MR) is 99.0 cm³/mol. The van der Waals surface area contributed by atoms with Gasteiger partial charge in [-0.1, -0.05) is 30.3 Å². The van der Waals surface area contributed by atoms with E-state index >= 15 is 0 Å². The summed E-state index contributed by atoms with van der Waals surface area (Å²) in [4.78, 5) is 11.9. The number of nitrogens with one attached hydrogen (secondary N) is 1. The van der Waals surface area contributed by atoms with Crippen LogP contribution < -0.4 is 9.62 Å². The van der Waals surface area contributed by atoms with Crippen molar-refractivity contribution in [2.75, 3.05) is 23.1 Å². The maximum atomic E-state index is 12.8. The second kappa shape index (κ2) is 7.86. The lowest BCUT2D eigenvalue weighted by Gasteiger charge is -2.19. The molecule has 0 saturated carbocycles. The topological polar surface area (TPSA) is 66.5 Å². The Balaban J connectivity index is 1.47. The first kappa shape index (κ1) is 18.4. The Labute approximate surface area is 152 Å². The van der Waals surface area contributed by atoms with Crippen molar-refractivity contribution < 1.29 is 17.6 Å². The Morgan fingerprint density at radius 3 is 2.62 bits per heavy atom. The molecule has 0 unspecified atom stereocenters. The van der Waals surface area contributed by atoms with E-state index in [9.17, 15) is 17.6 Å². The van der Waals surface area contributed by atoms with Crippen LogP contribution in [0.25, 0.3) is 0 Å². The number of benzene rings is 2. The highest BCUT2D eigenvalue weighted by Gasteiger charge is 2.29. The van der Waals surface area contributed by atoms with Crippen LogP contribution in [0.4, 0.5) is 10.1 Å². The van der Waals surface area contributed by atoms with E-state index < -0.39 is 10.0 Å². The molecule has 2 aromatic carbocycles. The number of para-hydroxylation sites is 1. The number of carbonyl (C=O) groups excluding carboxylic acids is 1. The van der Waals surface area contributed by atoms with Crippen molar-refractivity contribution in [3.8, 4) is 0 Å². The van der Waals surface area contributed by atoms with Gasteiger partial charge in [-0.25, -0.2) is 12.8 Å². The lowest BCUT2D eigenvalue weighted by atomic mass is 10.1. The predicted octanol–water partition coefficient (Wildman–Crippen LogP) is 2.27. The van der Waals surface area contributed by atoms with Gasteiger partial charge in [0.2, 0.25) is 15.9 Å². The first-order valence-corrected chi connectivity index (χ1v) is 10.2. The molecule has 0 spiro atoms. The number of hydrogen-bond donors (Lipinski definition) is 1. The van der Waals surface area contributed by atoms with Crippen LogP contribution in [0.1, 0.15) is 17.5 Å². The SMILES string of the molecule is O=C(CCS(=O)(=O)N1CCc2ccccc21)NCCc1ccc(F)cc1. The summed E-state index contributed by atoms with van der Waals surface area (Å²) in [7, 11) is -3.52. The minimum Gasteiger partial charge on any atom is -0.356 e. The highest BCUT2D eigenvalue weighted by molar-refractivity contribution is 7.92. The fourth-order valence-electron chi connectivity index (χ4n) is 3.01. The first-order valence-electron chi connectivity index (χ1n) is 8.55. The quantitative estimate of drug-likeness (QED) is 0.806. The Bertz CT molecular complexity index is 882. The maximum absolute atomic E-state index is 12.8. The van der Waals surface area contributed by atoms with Crippen molar-refractivity contribution in [2.45, 2.75) is 19.3 Å². The average Bonchev–Trinajstić information content (AvgIpc) is 3.07. The Hall–Kier alpha value is -2.41. The monoisotopic (exact) mass is 376 g/mol. The highest BCUT2D eigenvalue weighted by Crippen LogP contribution is 2.30. The number of nitrogens with zero attached hydrogens (tertiary/aromatic N) is 1. The molecule has 1 amide bonds. The molecule has 5 nitrogen and oxygen atoms in total. The van der Waals surface area contributed by atoms with E-state index in [4.69, 9.17) is 0 Å². The molecule has 7 heteroatoms. The van der Waals surface area contributed by atoms with Crippen molar-refractivity contribution in [2.24, 2.45) is 0 Å². The number of sulfonamides is 1. The molecule has 1 heterocycles. The van der Waals surface area contributed by atoms with E-state index in [1.54, 1.807) is 18.2 Å². The van der Waals surface area contributed by atoms with Gasteiger partial charge in [-0.15, -0.1) is 0 Å². The van der Waals surface area contributed by atoms with Crippen LogP contribution >= 0.6 is 0 Å². The van der Waals surface area contributed by atoms with Crippen LogP contribution in [-0.2, 0) is 27.7 Å². The van der Waals surface area contributed by atoms with E-state index in [1.165, 1.54) is 16.4 Å². The molecular formula is C19H21FN2O3S. The molecule has 1 aliphatic heterocycles. The number of hydrogen-bond acceptors (Lipinski definition) is 3. The summed E-state index contributed by atoms with van der Waals surface area (Å²) < 4.78 is 39.3. The van der Waals surface area contributed by atoms with Gasteiger partial charge in [0, 0.05) is 19.5 Å². The Kier molecular flexibility index (Phi) is 5.56. The van der Waals surface area contributed by atoms with E-state index in [0.717, 1.165) is 11.1 Å². The van der Waals surface area contributed by atoms with Crippen LogP contribution in [-0.4, -0.2) is 33.2 Å². The van der Waals surface area contributed by atoms with Crippen LogP contribution in [0.3, 0.4) is 0 Å². The van der Waals surface area contributed by atoms with Crippen molar-refractivity contribution in [3.63, 3.8) is 0 Å². The molecule has 138 valence electrons. The van der Waals surface area contributed by atoms with Gasteiger partial charge < -0.3 is 5.32 Å². The summed E-state index contributed by atoms with van der Waals surface area (Å²) >= 11 is 0. The summed E-state index contributed by atoms with van der Waals surface area (Å²) in [6, 6.07) is 13.5. The van der Waals surface area contributed by atoms with Gasteiger partial charge in [0.25, 0.3) is 0 Å². The molecule has 0 aromatic heterocycles. The molecular weight excluding hydrogens is 355 g/mol. The molecule has 26 heavy (non-hydrogen) atoms. The number of halogens is 1. The molecule has 0 radical (unpaired) electrons. The number of fused-ring (bicyclic) bond motifs is 1. The lowest BCUT2D eigenvalue weighted by molar-refractivity contribution is -0.120. The second-order valence-electron chi connectivity index (χ2n) is 6.24. The zero-order valence-electron chi connectivity index (χ0n) is 14.3. The van der Waals surface area contributed by atoms with Gasteiger partial charge in [0.05, 0.1) is 11.4 Å². The van der Waals surface area contributed by atoms with E-state index in [-0.39, 0.29) is 23.9 Å². The van der Waals surface area contributed by atoms with E-state index in [1.807, 2.05) is 18.2 Å². The summed E-state index contributed by atoms with van der Waals surface area (Å²) in [5.41, 5.74) is 2.64. The summed E-state index contributed by atoms with van der Waals surface area (Å²) in [5.74, 6) is -0.821. The molecule has 0 saturated heterocycles. The normalized spacial score (nSPS) is 13.5. The number of rotatable bonds is 7. The third-order valence-corrected chi connectivity index (χ3v) is 6.19. The molecule has 1 N–H and O–H groups in total.